The van der Waals surface area contributed by atoms with Crippen LogP contribution in [0, 0.1) is 11.2 Å². The fraction of sp³-hybridized carbons (Fsp3) is 0.577. The molecule has 0 aliphatic carbocycles. The van der Waals surface area contributed by atoms with E-state index in [2.05, 4.69) is 24.5 Å². The molecular weight excluding hydrogens is 527 g/mol. The van der Waals surface area contributed by atoms with Gasteiger partial charge in [-0.05, 0) is 57.0 Å². The molecule has 2 aromatic rings. The summed E-state index contributed by atoms with van der Waals surface area (Å²) in [7, 11) is -0.431. The number of anilines is 1. The van der Waals surface area contributed by atoms with Gasteiger partial charge in [0.15, 0.2) is 17.9 Å². The number of aldehydes is 1. The number of carbonyl (C=O) groups is 1. The van der Waals surface area contributed by atoms with Crippen LogP contribution in [-0.4, -0.2) is 99.4 Å². The van der Waals surface area contributed by atoms with Gasteiger partial charge in [-0.15, -0.1) is 0 Å². The Kier molecular flexibility index (Phi) is 8.15. The summed E-state index contributed by atoms with van der Waals surface area (Å²) in [5.74, 6) is 0.850. The standard InChI is InChI=1S/C26H35FN6O5S/c1-31(2)39(35,36)30-21-4-5-22(37-15-21)13-32-9-7-26(8-10-32)16-33(17-26)25-24(12-28-18-29-25)38-23-6-3-20(27)11-19(23)14-34/h3,6,11-12,14,18,21-22,30H,4-5,7-10,13,15-17H2,1-2H3/t21-,22+/m1/s1. The second-order valence-corrected chi connectivity index (χ2v) is 12.8. The number of hydrogen-bond acceptors (Lipinski definition) is 9. The molecule has 3 aliphatic heterocycles. The minimum atomic E-state index is -3.45. The molecular formula is C26H35FN6O5S. The van der Waals surface area contributed by atoms with Crippen LogP contribution in [-0.2, 0) is 14.9 Å². The third-order valence-electron chi connectivity index (χ3n) is 7.87. The molecule has 11 nitrogen and oxygen atoms in total. The molecule has 39 heavy (non-hydrogen) atoms. The van der Waals surface area contributed by atoms with E-state index in [0.29, 0.717) is 24.5 Å². The van der Waals surface area contributed by atoms with E-state index >= 15 is 0 Å². The monoisotopic (exact) mass is 562 g/mol. The van der Waals surface area contributed by atoms with Gasteiger partial charge >= 0.3 is 0 Å². The van der Waals surface area contributed by atoms with Gasteiger partial charge in [-0.3, -0.25) is 4.79 Å². The third kappa shape index (κ3) is 6.38. The summed E-state index contributed by atoms with van der Waals surface area (Å²) in [6.07, 6.45) is 7.44. The summed E-state index contributed by atoms with van der Waals surface area (Å²) in [6, 6.07) is 3.63. The summed E-state index contributed by atoms with van der Waals surface area (Å²) >= 11 is 0. The van der Waals surface area contributed by atoms with Crippen molar-refractivity contribution in [2.45, 2.75) is 37.8 Å². The number of aromatic nitrogens is 2. The SMILES string of the molecule is CN(C)S(=O)(=O)N[C@@H]1CC[C@@H](CN2CCC3(CC2)CN(c2ncncc2Oc2ccc(F)cc2C=O)C3)OC1. The highest BCUT2D eigenvalue weighted by molar-refractivity contribution is 7.87. The van der Waals surface area contributed by atoms with Gasteiger partial charge in [-0.1, -0.05) is 0 Å². The number of carbonyl (C=O) groups excluding carboxylic acids is 1. The quantitative estimate of drug-likeness (QED) is 0.459. The van der Waals surface area contributed by atoms with Crippen molar-refractivity contribution in [2.24, 2.45) is 5.41 Å². The van der Waals surface area contributed by atoms with Gasteiger partial charge in [-0.2, -0.15) is 17.4 Å². The smallest absolute Gasteiger partial charge is 0.279 e. The van der Waals surface area contributed by atoms with Crippen LogP contribution in [0.3, 0.4) is 0 Å². The lowest BCUT2D eigenvalue weighted by Gasteiger charge is -2.54. The maximum atomic E-state index is 13.5. The molecule has 1 spiro atoms. The number of benzene rings is 1. The van der Waals surface area contributed by atoms with Crippen molar-refractivity contribution in [1.29, 1.82) is 0 Å². The first-order chi connectivity index (χ1) is 18.7. The van der Waals surface area contributed by atoms with Gasteiger partial charge < -0.3 is 19.3 Å². The largest absolute Gasteiger partial charge is 0.451 e. The number of piperidine rings is 1. The molecule has 3 fully saturated rings. The minimum absolute atomic E-state index is 0.112. The van der Waals surface area contributed by atoms with Crippen LogP contribution >= 0.6 is 0 Å². The van der Waals surface area contributed by atoms with Gasteiger partial charge in [0, 0.05) is 45.2 Å². The van der Waals surface area contributed by atoms with Gasteiger partial charge in [-0.25, -0.2) is 14.4 Å². The van der Waals surface area contributed by atoms with Gasteiger partial charge in [0.05, 0.1) is 24.5 Å². The summed E-state index contributed by atoms with van der Waals surface area (Å²) in [6.45, 7) is 4.91. The molecule has 0 bridgehead atoms. The van der Waals surface area contributed by atoms with Gasteiger partial charge in [0.2, 0.25) is 0 Å². The Balaban J connectivity index is 1.10. The summed E-state index contributed by atoms with van der Waals surface area (Å²) in [5.41, 5.74) is 0.343. The maximum Gasteiger partial charge on any atom is 0.279 e. The summed E-state index contributed by atoms with van der Waals surface area (Å²) in [5, 5.41) is 0. The third-order valence-corrected chi connectivity index (χ3v) is 9.47. The molecule has 212 valence electrons. The first-order valence-electron chi connectivity index (χ1n) is 13.2. The molecule has 1 aromatic heterocycles. The average Bonchev–Trinajstić information content (AvgIpc) is 2.90. The molecule has 5 rings (SSSR count). The number of ether oxygens (including phenoxy) is 2. The first-order valence-corrected chi connectivity index (χ1v) is 14.6. The lowest BCUT2D eigenvalue weighted by Crippen LogP contribution is -2.61. The number of halogens is 1. The lowest BCUT2D eigenvalue weighted by molar-refractivity contribution is -0.0300. The van der Waals surface area contributed by atoms with Crippen LogP contribution in [0.25, 0.3) is 0 Å². The van der Waals surface area contributed by atoms with Crippen molar-refractivity contribution < 1.29 is 27.1 Å². The molecule has 0 saturated carbocycles. The Hall–Kier alpha value is -2.71. The highest BCUT2D eigenvalue weighted by Crippen LogP contribution is 2.45. The van der Waals surface area contributed by atoms with Crippen molar-refractivity contribution in [3.63, 3.8) is 0 Å². The number of nitrogens with one attached hydrogen (secondary N) is 1. The Morgan fingerprint density at radius 3 is 2.67 bits per heavy atom. The highest BCUT2D eigenvalue weighted by Gasteiger charge is 2.46. The highest BCUT2D eigenvalue weighted by atomic mass is 32.2. The molecule has 3 saturated heterocycles. The van der Waals surface area contributed by atoms with Crippen molar-refractivity contribution in [3.8, 4) is 11.5 Å². The molecule has 0 radical (unpaired) electrons. The van der Waals surface area contributed by atoms with Crippen LogP contribution < -0.4 is 14.4 Å². The maximum absolute atomic E-state index is 13.5. The fourth-order valence-electron chi connectivity index (χ4n) is 5.53. The molecule has 4 heterocycles. The molecule has 1 N–H and O–H groups in total. The van der Waals surface area contributed by atoms with E-state index in [1.54, 1.807) is 6.20 Å². The predicted octanol–water partition coefficient (Wildman–Crippen LogP) is 2.07. The van der Waals surface area contributed by atoms with E-state index in [4.69, 9.17) is 9.47 Å². The number of likely N-dealkylation sites (tertiary alicyclic amines) is 1. The van der Waals surface area contributed by atoms with Crippen LogP contribution in [0.1, 0.15) is 36.0 Å². The van der Waals surface area contributed by atoms with E-state index in [1.165, 1.54) is 36.9 Å². The van der Waals surface area contributed by atoms with Crippen LogP contribution in [0.5, 0.6) is 11.5 Å². The van der Waals surface area contributed by atoms with E-state index in [9.17, 15) is 17.6 Å². The van der Waals surface area contributed by atoms with E-state index in [0.717, 1.165) is 64.5 Å². The summed E-state index contributed by atoms with van der Waals surface area (Å²) < 4.78 is 53.4. The van der Waals surface area contributed by atoms with Crippen LogP contribution in [0.15, 0.2) is 30.7 Å². The molecule has 13 heteroatoms. The Labute approximate surface area is 228 Å². The van der Waals surface area contributed by atoms with Crippen molar-refractivity contribution in [3.05, 3.63) is 42.1 Å². The average molecular weight is 563 g/mol. The molecule has 1 aromatic carbocycles. The Morgan fingerprint density at radius 2 is 2.00 bits per heavy atom. The predicted molar refractivity (Wildman–Crippen MR) is 143 cm³/mol. The zero-order chi connectivity index (χ0) is 27.6. The first kappa shape index (κ1) is 27.8. The van der Waals surface area contributed by atoms with Crippen molar-refractivity contribution in [1.82, 2.24) is 23.9 Å². The fourth-order valence-corrected chi connectivity index (χ4v) is 6.35. The number of nitrogens with zero attached hydrogens (tertiary/aromatic N) is 5. The van der Waals surface area contributed by atoms with Gasteiger partial charge in [0.25, 0.3) is 10.2 Å². The molecule has 0 amide bonds. The number of hydrogen-bond donors (Lipinski definition) is 1. The van der Waals surface area contributed by atoms with Crippen molar-refractivity contribution >= 4 is 22.3 Å². The normalized spacial score (nSPS) is 23.5. The number of rotatable bonds is 9. The van der Waals surface area contributed by atoms with E-state index in [1.807, 2.05) is 0 Å². The van der Waals surface area contributed by atoms with Crippen LogP contribution in [0.4, 0.5) is 10.2 Å². The summed E-state index contributed by atoms with van der Waals surface area (Å²) in [4.78, 5) is 24.5. The molecule has 0 unspecified atom stereocenters. The lowest BCUT2D eigenvalue weighted by atomic mass is 9.72. The zero-order valence-corrected chi connectivity index (χ0v) is 23.1. The molecule has 3 aliphatic rings. The Bertz CT molecular complexity index is 1270. The second-order valence-electron chi connectivity index (χ2n) is 10.9. The van der Waals surface area contributed by atoms with Gasteiger partial charge in [0.1, 0.15) is 17.9 Å². The minimum Gasteiger partial charge on any atom is -0.451 e. The van der Waals surface area contributed by atoms with E-state index < -0.39 is 16.0 Å². The second kappa shape index (κ2) is 11.4. The molecule has 2 atom stereocenters. The van der Waals surface area contributed by atoms with E-state index in [-0.39, 0.29) is 28.9 Å². The topological polar surface area (TPSA) is 117 Å². The Morgan fingerprint density at radius 1 is 1.23 bits per heavy atom. The van der Waals surface area contributed by atoms with Crippen molar-refractivity contribution in [2.75, 3.05) is 58.3 Å². The zero-order valence-electron chi connectivity index (χ0n) is 22.3. The van der Waals surface area contributed by atoms with Crippen LogP contribution in [0.2, 0.25) is 0 Å².